The molecule has 3 saturated heterocycles. The van der Waals surface area contributed by atoms with Crippen LogP contribution in [0.1, 0.15) is 48.0 Å². The van der Waals surface area contributed by atoms with Gasteiger partial charge in [0, 0.05) is 32.6 Å². The van der Waals surface area contributed by atoms with Crippen LogP contribution in [0.15, 0.2) is 24.3 Å². The maximum atomic E-state index is 13.5. The summed E-state index contributed by atoms with van der Waals surface area (Å²) in [5.41, 5.74) is -4.77. The molecule has 1 spiro atoms. The van der Waals surface area contributed by atoms with Crippen molar-refractivity contribution in [1.82, 2.24) is 0 Å². The molecule has 13 heteroatoms. The third kappa shape index (κ3) is 4.84. The smallest absolute Gasteiger partial charge is 0.344 e. The van der Waals surface area contributed by atoms with Gasteiger partial charge in [-0.05, 0) is 19.9 Å². The predicted octanol–water partition coefficient (Wildman–Crippen LogP) is 1.74. The minimum atomic E-state index is -1.95. The lowest BCUT2D eigenvalue weighted by molar-refractivity contribution is -0.320. The van der Waals surface area contributed by atoms with Gasteiger partial charge >= 0.3 is 29.8 Å². The van der Waals surface area contributed by atoms with Crippen molar-refractivity contribution in [3.63, 3.8) is 0 Å². The van der Waals surface area contributed by atoms with Crippen LogP contribution in [0.2, 0.25) is 0 Å². The number of carbonyl (C=O) groups is 6. The van der Waals surface area contributed by atoms with Crippen molar-refractivity contribution in [3.8, 4) is 0 Å². The first-order valence-electron chi connectivity index (χ1n) is 13.1. The van der Waals surface area contributed by atoms with Gasteiger partial charge in [-0.2, -0.15) is 0 Å². The Morgan fingerprint density at radius 1 is 1.05 bits per heavy atom. The lowest BCUT2D eigenvalue weighted by Gasteiger charge is -2.63. The van der Waals surface area contributed by atoms with Crippen LogP contribution < -0.4 is 0 Å². The van der Waals surface area contributed by atoms with E-state index in [9.17, 15) is 28.8 Å². The summed E-state index contributed by atoms with van der Waals surface area (Å²) >= 11 is 6.84. The fraction of sp³-hybridized carbons (Fsp3) is 0.643. The topological polar surface area (TPSA) is 158 Å². The van der Waals surface area contributed by atoms with E-state index in [0.29, 0.717) is 5.57 Å². The first-order valence-corrected chi connectivity index (χ1v) is 13.6. The average Bonchev–Trinajstić information content (AvgIpc) is 3.10. The second kappa shape index (κ2) is 10.5. The molecule has 3 heterocycles. The molecule has 0 unspecified atom stereocenters. The van der Waals surface area contributed by atoms with E-state index in [2.05, 4.69) is 6.58 Å². The minimum absolute atomic E-state index is 0.0161. The van der Waals surface area contributed by atoms with E-state index in [1.54, 1.807) is 6.92 Å². The van der Waals surface area contributed by atoms with Crippen molar-refractivity contribution in [1.29, 1.82) is 0 Å². The number of fused-ring (bicyclic) bond motifs is 3. The van der Waals surface area contributed by atoms with E-state index in [4.69, 9.17) is 40.0 Å². The van der Waals surface area contributed by atoms with Gasteiger partial charge in [-0.3, -0.25) is 24.0 Å². The minimum Gasteiger partial charge on any atom is -0.459 e. The van der Waals surface area contributed by atoms with E-state index in [1.807, 2.05) is 0 Å². The quantitative estimate of drug-likeness (QED) is 0.196. The highest BCUT2D eigenvalue weighted by Crippen LogP contribution is 2.62. The third-order valence-electron chi connectivity index (χ3n) is 8.54. The zero-order chi connectivity index (χ0) is 30.7. The Bertz CT molecular complexity index is 1240. The van der Waals surface area contributed by atoms with Crippen molar-refractivity contribution in [2.45, 2.75) is 89.0 Å². The van der Waals surface area contributed by atoms with E-state index < -0.39 is 100 Å². The Morgan fingerprint density at radius 2 is 1.71 bits per heavy atom. The van der Waals surface area contributed by atoms with Gasteiger partial charge < -0.3 is 28.4 Å². The molecule has 12 nitrogen and oxygen atoms in total. The fourth-order valence-electron chi connectivity index (χ4n) is 6.84. The molecule has 0 radical (unpaired) electrons. The summed E-state index contributed by atoms with van der Waals surface area (Å²) in [6, 6.07) is 0. The molecule has 0 N–H and O–H groups in total. The van der Waals surface area contributed by atoms with E-state index in [-0.39, 0.29) is 6.42 Å². The van der Waals surface area contributed by atoms with Crippen LogP contribution in [0, 0.1) is 17.3 Å². The molecule has 10 atom stereocenters. The molecule has 0 saturated carbocycles. The molecule has 41 heavy (non-hydrogen) atoms. The molecule has 3 fully saturated rings. The van der Waals surface area contributed by atoms with Gasteiger partial charge in [0.1, 0.15) is 18.3 Å². The number of hydrogen-bond donors (Lipinski definition) is 0. The molecular weight excluding hydrogens is 564 g/mol. The van der Waals surface area contributed by atoms with Gasteiger partial charge in [0.15, 0.2) is 29.7 Å². The van der Waals surface area contributed by atoms with Crippen molar-refractivity contribution < 1.29 is 57.2 Å². The van der Waals surface area contributed by atoms with E-state index in [1.165, 1.54) is 32.9 Å². The summed E-state index contributed by atoms with van der Waals surface area (Å²) in [5.74, 6) is -6.90. The van der Waals surface area contributed by atoms with Crippen LogP contribution in [0.4, 0.5) is 0 Å². The van der Waals surface area contributed by atoms with Gasteiger partial charge in [0.25, 0.3) is 0 Å². The van der Waals surface area contributed by atoms with Crippen LogP contribution in [0.5, 0.6) is 0 Å². The zero-order valence-corrected chi connectivity index (χ0v) is 24.4. The highest BCUT2D eigenvalue weighted by molar-refractivity contribution is 6.23. The van der Waals surface area contributed by atoms with Gasteiger partial charge in [0.2, 0.25) is 0 Å². The number of halogens is 1. The summed E-state index contributed by atoms with van der Waals surface area (Å²) in [7, 11) is 0. The Hall–Kier alpha value is -3.25. The molecule has 4 aliphatic rings. The lowest BCUT2D eigenvalue weighted by Crippen LogP contribution is -2.77. The molecule has 2 bridgehead atoms. The summed E-state index contributed by atoms with van der Waals surface area (Å²) < 4.78 is 34.7. The lowest BCUT2D eigenvalue weighted by atomic mass is 9.52. The summed E-state index contributed by atoms with van der Waals surface area (Å²) in [6.07, 6.45) is -2.13. The maximum Gasteiger partial charge on any atom is 0.344 e. The summed E-state index contributed by atoms with van der Waals surface area (Å²) in [4.78, 5) is 76.0. The molecule has 4 rings (SSSR count). The first kappa shape index (κ1) is 30.7. The van der Waals surface area contributed by atoms with Crippen molar-refractivity contribution in [2.75, 3.05) is 6.61 Å². The standard InChI is InChI=1S/C28H33ClO12/c1-12-10-17(37-15(4)31)22-26(6)9-8-18(33)27(7,40-16(5)32)21(26)24(38-19(34)11-36-14(3)30)28(41-22)13(2)25(35)39-23(28)20(12)29/h8-9,13,17,20-24H,1,10-11H2,2-7H3/t13-,17+,20-,21+,22-,23-,24+,26-,27+,28+/m0/s1. The van der Waals surface area contributed by atoms with Crippen molar-refractivity contribution in [3.05, 3.63) is 24.3 Å². The number of hydrogen-bond acceptors (Lipinski definition) is 12. The molecule has 1 aliphatic carbocycles. The molecular formula is C28H33ClO12. The second-order valence-electron chi connectivity index (χ2n) is 11.3. The molecule has 3 aliphatic heterocycles. The normalized spacial score (nSPS) is 41.1. The van der Waals surface area contributed by atoms with Crippen LogP contribution in [-0.2, 0) is 57.2 Å². The molecule has 0 amide bonds. The molecule has 0 aromatic rings. The highest BCUT2D eigenvalue weighted by Gasteiger charge is 2.77. The van der Waals surface area contributed by atoms with E-state index in [0.717, 1.165) is 13.8 Å². The van der Waals surface area contributed by atoms with Gasteiger partial charge in [-0.25, -0.2) is 4.79 Å². The molecule has 0 aromatic carbocycles. The number of esters is 5. The number of ether oxygens (including phenoxy) is 6. The number of alkyl halides is 1. The van der Waals surface area contributed by atoms with Crippen LogP contribution in [0.3, 0.4) is 0 Å². The van der Waals surface area contributed by atoms with Crippen molar-refractivity contribution in [2.24, 2.45) is 17.3 Å². The highest BCUT2D eigenvalue weighted by atomic mass is 35.5. The van der Waals surface area contributed by atoms with Crippen LogP contribution >= 0.6 is 11.6 Å². The number of rotatable bonds is 5. The Labute approximate surface area is 241 Å². The Kier molecular flexibility index (Phi) is 7.89. The van der Waals surface area contributed by atoms with Crippen LogP contribution in [0.25, 0.3) is 0 Å². The molecule has 224 valence electrons. The second-order valence-corrected chi connectivity index (χ2v) is 11.8. The predicted molar refractivity (Wildman–Crippen MR) is 138 cm³/mol. The van der Waals surface area contributed by atoms with Crippen molar-refractivity contribution >= 4 is 47.2 Å². The fourth-order valence-corrected chi connectivity index (χ4v) is 7.18. The summed E-state index contributed by atoms with van der Waals surface area (Å²) in [5, 5.41) is -1.10. The number of ketones is 1. The Morgan fingerprint density at radius 3 is 2.29 bits per heavy atom. The Balaban J connectivity index is 2.03. The number of carbonyl (C=O) groups excluding carboxylic acids is 6. The first-order chi connectivity index (χ1) is 19.0. The monoisotopic (exact) mass is 596 g/mol. The summed E-state index contributed by atoms with van der Waals surface area (Å²) in [6.45, 7) is 11.3. The zero-order valence-electron chi connectivity index (χ0n) is 23.6. The van der Waals surface area contributed by atoms with Gasteiger partial charge in [-0.1, -0.05) is 25.2 Å². The van der Waals surface area contributed by atoms with Crippen LogP contribution in [-0.4, -0.2) is 83.2 Å². The average molecular weight is 597 g/mol. The van der Waals surface area contributed by atoms with E-state index >= 15 is 0 Å². The SMILES string of the molecule is C=C1C[C@@H](OC(C)=O)[C@@H]2O[C@]3([C@H](OC(=O)COC(C)=O)[C@@H]4[C@]2(C)C=CC(=O)[C@@]4(C)OC(C)=O)[C@@H](C)C(=O)O[C@H]3[C@H]1Cl. The van der Waals surface area contributed by atoms with Gasteiger partial charge in [0.05, 0.1) is 17.2 Å². The third-order valence-corrected chi connectivity index (χ3v) is 9.08. The largest absolute Gasteiger partial charge is 0.459 e. The molecule has 0 aromatic heterocycles. The van der Waals surface area contributed by atoms with Gasteiger partial charge in [-0.15, -0.1) is 11.6 Å². The maximum absolute atomic E-state index is 13.5.